The van der Waals surface area contributed by atoms with Crippen LogP contribution in [-0.4, -0.2) is 18.8 Å². The largest absolute Gasteiger partial charge is 0.294 e. The van der Waals surface area contributed by atoms with Crippen molar-refractivity contribution in [1.29, 1.82) is 0 Å². The maximum absolute atomic E-state index is 13.1. The summed E-state index contributed by atoms with van der Waals surface area (Å²) in [5.41, 5.74) is -0.414. The van der Waals surface area contributed by atoms with E-state index in [1.165, 1.54) is 0 Å². The van der Waals surface area contributed by atoms with Gasteiger partial charge in [0, 0.05) is 17.2 Å². The molecule has 0 saturated carbocycles. The SMILES string of the molecule is O=C(c1cc(F)cc(F)c1)c1ccc(S(=O)(=O)O)cc1Cl. The number of carbonyl (C=O) groups excluding carboxylic acids is 1. The monoisotopic (exact) mass is 332 g/mol. The normalized spacial score (nSPS) is 11.4. The fraction of sp³-hybridized carbons (Fsp3) is 0. The highest BCUT2D eigenvalue weighted by atomic mass is 35.5. The first-order chi connectivity index (χ1) is 9.68. The van der Waals surface area contributed by atoms with Crippen molar-refractivity contribution in [3.8, 4) is 0 Å². The van der Waals surface area contributed by atoms with Gasteiger partial charge < -0.3 is 0 Å². The van der Waals surface area contributed by atoms with Crippen LogP contribution in [0.2, 0.25) is 5.02 Å². The van der Waals surface area contributed by atoms with Gasteiger partial charge in [-0.3, -0.25) is 9.35 Å². The van der Waals surface area contributed by atoms with Gasteiger partial charge in [0.2, 0.25) is 0 Å². The molecule has 110 valence electrons. The quantitative estimate of drug-likeness (QED) is 0.692. The van der Waals surface area contributed by atoms with Gasteiger partial charge in [-0.25, -0.2) is 8.78 Å². The Morgan fingerprint density at radius 2 is 1.62 bits per heavy atom. The summed E-state index contributed by atoms with van der Waals surface area (Å²) in [7, 11) is -4.46. The van der Waals surface area contributed by atoms with Gasteiger partial charge >= 0.3 is 0 Å². The predicted molar refractivity (Wildman–Crippen MR) is 71.1 cm³/mol. The van der Waals surface area contributed by atoms with E-state index in [9.17, 15) is 22.0 Å². The van der Waals surface area contributed by atoms with Crippen molar-refractivity contribution in [2.24, 2.45) is 0 Å². The molecule has 1 N–H and O–H groups in total. The molecule has 2 rings (SSSR count). The summed E-state index contributed by atoms with van der Waals surface area (Å²) in [6, 6.07) is 5.16. The zero-order valence-electron chi connectivity index (χ0n) is 10.2. The molecule has 0 aliphatic carbocycles. The minimum Gasteiger partial charge on any atom is -0.289 e. The van der Waals surface area contributed by atoms with Crippen LogP contribution >= 0.6 is 11.6 Å². The number of carbonyl (C=O) groups is 1. The van der Waals surface area contributed by atoms with Crippen LogP contribution in [0.3, 0.4) is 0 Å². The van der Waals surface area contributed by atoms with Crippen LogP contribution < -0.4 is 0 Å². The molecule has 4 nitrogen and oxygen atoms in total. The third kappa shape index (κ3) is 3.44. The smallest absolute Gasteiger partial charge is 0.289 e. The summed E-state index contributed by atoms with van der Waals surface area (Å²) in [4.78, 5) is 11.6. The van der Waals surface area contributed by atoms with Gasteiger partial charge in [0.1, 0.15) is 11.6 Å². The number of ketones is 1. The molecule has 0 amide bonds. The van der Waals surface area contributed by atoms with Gasteiger partial charge in [-0.2, -0.15) is 8.42 Å². The van der Waals surface area contributed by atoms with Crippen LogP contribution in [0.15, 0.2) is 41.3 Å². The van der Waals surface area contributed by atoms with E-state index in [1.807, 2.05) is 0 Å². The molecule has 2 aromatic carbocycles. The standard InChI is InChI=1S/C13H7ClF2O4S/c14-12-6-10(21(18,19)20)1-2-11(12)13(17)7-3-8(15)5-9(16)4-7/h1-6H,(H,18,19,20). The first kappa shape index (κ1) is 15.6. The molecule has 0 atom stereocenters. The van der Waals surface area contributed by atoms with Gasteiger partial charge in [0.25, 0.3) is 10.1 Å². The lowest BCUT2D eigenvalue weighted by molar-refractivity contribution is 0.103. The van der Waals surface area contributed by atoms with Crippen molar-refractivity contribution >= 4 is 27.5 Å². The molecule has 0 heterocycles. The van der Waals surface area contributed by atoms with Crippen LogP contribution in [0.25, 0.3) is 0 Å². The Morgan fingerprint density at radius 3 is 2.10 bits per heavy atom. The van der Waals surface area contributed by atoms with E-state index < -0.39 is 32.4 Å². The Hall–Kier alpha value is -1.83. The molecule has 0 bridgehead atoms. The summed E-state index contributed by atoms with van der Waals surface area (Å²) < 4.78 is 56.9. The molecular weight excluding hydrogens is 326 g/mol. The van der Waals surface area contributed by atoms with Crippen LogP contribution in [0.5, 0.6) is 0 Å². The van der Waals surface area contributed by atoms with Gasteiger partial charge in [0.05, 0.1) is 9.92 Å². The van der Waals surface area contributed by atoms with Crippen molar-refractivity contribution < 1.29 is 26.5 Å². The highest BCUT2D eigenvalue weighted by Gasteiger charge is 2.18. The number of rotatable bonds is 3. The summed E-state index contributed by atoms with van der Waals surface area (Å²) in [5.74, 6) is -2.63. The Labute approximate surface area is 123 Å². The molecule has 0 fully saturated rings. The topological polar surface area (TPSA) is 71.4 Å². The zero-order chi connectivity index (χ0) is 15.8. The number of benzene rings is 2. The molecule has 0 radical (unpaired) electrons. The second kappa shape index (κ2) is 5.51. The number of hydrogen-bond donors (Lipinski definition) is 1. The van der Waals surface area contributed by atoms with E-state index >= 15 is 0 Å². The molecule has 0 saturated heterocycles. The molecule has 0 aromatic heterocycles. The van der Waals surface area contributed by atoms with E-state index in [2.05, 4.69) is 0 Å². The number of halogens is 3. The Morgan fingerprint density at radius 1 is 1.05 bits per heavy atom. The van der Waals surface area contributed by atoms with Crippen molar-refractivity contribution in [1.82, 2.24) is 0 Å². The maximum atomic E-state index is 13.1. The highest BCUT2D eigenvalue weighted by molar-refractivity contribution is 7.85. The Bertz CT molecular complexity index is 814. The summed E-state index contributed by atoms with van der Waals surface area (Å²) in [6.07, 6.45) is 0. The van der Waals surface area contributed by atoms with E-state index in [1.54, 1.807) is 0 Å². The average molecular weight is 333 g/mol. The minimum atomic E-state index is -4.46. The van der Waals surface area contributed by atoms with E-state index in [4.69, 9.17) is 16.2 Å². The third-order valence-corrected chi connectivity index (χ3v) is 3.77. The van der Waals surface area contributed by atoms with Gasteiger partial charge in [-0.15, -0.1) is 0 Å². The predicted octanol–water partition coefficient (Wildman–Crippen LogP) is 3.10. The summed E-state index contributed by atoms with van der Waals surface area (Å²) in [5, 5.41) is -0.264. The van der Waals surface area contributed by atoms with Crippen molar-refractivity contribution in [3.63, 3.8) is 0 Å². The van der Waals surface area contributed by atoms with Crippen molar-refractivity contribution in [3.05, 3.63) is 64.2 Å². The Balaban J connectivity index is 2.49. The lowest BCUT2D eigenvalue weighted by Gasteiger charge is -2.06. The highest BCUT2D eigenvalue weighted by Crippen LogP contribution is 2.24. The lowest BCUT2D eigenvalue weighted by atomic mass is 10.0. The zero-order valence-corrected chi connectivity index (χ0v) is 11.8. The van der Waals surface area contributed by atoms with E-state index in [0.717, 1.165) is 30.3 Å². The molecule has 2 aromatic rings. The molecule has 0 aliphatic heterocycles. The first-order valence-corrected chi connectivity index (χ1v) is 7.28. The fourth-order valence-corrected chi connectivity index (χ4v) is 2.52. The molecule has 21 heavy (non-hydrogen) atoms. The second-order valence-corrected chi connectivity index (χ2v) is 5.93. The van der Waals surface area contributed by atoms with Crippen LogP contribution in [-0.2, 0) is 10.1 Å². The molecule has 8 heteroatoms. The van der Waals surface area contributed by atoms with Crippen LogP contribution in [0, 0.1) is 11.6 Å². The molecule has 0 spiro atoms. The number of hydrogen-bond acceptors (Lipinski definition) is 3. The molecular formula is C13H7ClF2O4S. The average Bonchev–Trinajstić information content (AvgIpc) is 2.35. The van der Waals surface area contributed by atoms with Crippen LogP contribution in [0.1, 0.15) is 15.9 Å². The van der Waals surface area contributed by atoms with Crippen molar-refractivity contribution in [2.75, 3.05) is 0 Å². The van der Waals surface area contributed by atoms with Gasteiger partial charge in [-0.1, -0.05) is 11.6 Å². The van der Waals surface area contributed by atoms with Crippen molar-refractivity contribution in [2.45, 2.75) is 4.90 Å². The van der Waals surface area contributed by atoms with E-state index in [-0.39, 0.29) is 16.1 Å². The molecule has 0 aliphatic rings. The van der Waals surface area contributed by atoms with Crippen LogP contribution in [0.4, 0.5) is 8.78 Å². The molecule has 0 unspecified atom stereocenters. The maximum Gasteiger partial charge on any atom is 0.294 e. The van der Waals surface area contributed by atoms with Gasteiger partial charge in [0.15, 0.2) is 5.78 Å². The first-order valence-electron chi connectivity index (χ1n) is 5.46. The third-order valence-electron chi connectivity index (χ3n) is 2.61. The second-order valence-electron chi connectivity index (χ2n) is 4.10. The minimum absolute atomic E-state index is 0.144. The summed E-state index contributed by atoms with van der Waals surface area (Å²) >= 11 is 5.78. The fourth-order valence-electron chi connectivity index (χ4n) is 1.68. The lowest BCUT2D eigenvalue weighted by Crippen LogP contribution is -2.05. The van der Waals surface area contributed by atoms with Gasteiger partial charge in [-0.05, 0) is 30.3 Å². The van der Waals surface area contributed by atoms with E-state index in [0.29, 0.717) is 6.07 Å². The summed E-state index contributed by atoms with van der Waals surface area (Å²) in [6.45, 7) is 0. The Kier molecular flexibility index (Phi) is 4.08.